The third-order valence-corrected chi connectivity index (χ3v) is 4.31. The molecule has 0 bridgehead atoms. The molecule has 1 aliphatic heterocycles. The fourth-order valence-electron chi connectivity index (χ4n) is 2.76. The summed E-state index contributed by atoms with van der Waals surface area (Å²) in [6, 6.07) is 6.80. The van der Waals surface area contributed by atoms with Crippen molar-refractivity contribution in [2.75, 3.05) is 26.0 Å². The van der Waals surface area contributed by atoms with Crippen molar-refractivity contribution in [3.05, 3.63) is 29.3 Å². The van der Waals surface area contributed by atoms with Crippen molar-refractivity contribution in [2.24, 2.45) is 0 Å². The van der Waals surface area contributed by atoms with E-state index in [9.17, 15) is 4.79 Å². The van der Waals surface area contributed by atoms with Crippen molar-refractivity contribution >= 4 is 11.7 Å². The molecule has 2 rings (SSSR count). The van der Waals surface area contributed by atoms with Gasteiger partial charge in [0, 0.05) is 24.3 Å². The van der Waals surface area contributed by atoms with Gasteiger partial charge < -0.3 is 15.0 Å². The highest BCUT2D eigenvalue weighted by molar-refractivity contribution is 5.92. The van der Waals surface area contributed by atoms with Crippen LogP contribution in [-0.4, -0.2) is 43.7 Å². The Morgan fingerprint density at radius 2 is 2.20 bits per heavy atom. The third kappa shape index (κ3) is 3.12. The number of esters is 1. The molecule has 1 N–H and O–H groups in total. The molecule has 4 nitrogen and oxygen atoms in total. The zero-order valence-corrected chi connectivity index (χ0v) is 12.8. The summed E-state index contributed by atoms with van der Waals surface area (Å²) in [7, 11) is 3.59. The number of methoxy groups -OCH3 is 1. The Morgan fingerprint density at radius 1 is 1.45 bits per heavy atom. The van der Waals surface area contributed by atoms with Crippen LogP contribution in [0.15, 0.2) is 18.2 Å². The van der Waals surface area contributed by atoms with Gasteiger partial charge in [-0.05, 0) is 51.4 Å². The van der Waals surface area contributed by atoms with Gasteiger partial charge in [-0.3, -0.25) is 0 Å². The van der Waals surface area contributed by atoms with Crippen molar-refractivity contribution < 1.29 is 9.53 Å². The van der Waals surface area contributed by atoms with Gasteiger partial charge in [-0.1, -0.05) is 6.07 Å². The second-order valence-electron chi connectivity index (χ2n) is 5.66. The number of piperidine rings is 1. The van der Waals surface area contributed by atoms with E-state index >= 15 is 0 Å². The van der Waals surface area contributed by atoms with E-state index in [1.807, 2.05) is 25.1 Å². The highest BCUT2D eigenvalue weighted by Crippen LogP contribution is 2.24. The number of anilines is 1. The molecule has 1 aliphatic rings. The largest absolute Gasteiger partial charge is 0.465 e. The summed E-state index contributed by atoms with van der Waals surface area (Å²) in [4.78, 5) is 14.1. The first-order valence-corrected chi connectivity index (χ1v) is 7.17. The van der Waals surface area contributed by atoms with Crippen molar-refractivity contribution in [3.63, 3.8) is 0 Å². The van der Waals surface area contributed by atoms with Crippen LogP contribution in [0.2, 0.25) is 0 Å². The van der Waals surface area contributed by atoms with Gasteiger partial charge in [0.1, 0.15) is 0 Å². The van der Waals surface area contributed by atoms with Gasteiger partial charge >= 0.3 is 5.97 Å². The first-order chi connectivity index (χ1) is 9.52. The number of benzene rings is 1. The maximum atomic E-state index is 11.7. The van der Waals surface area contributed by atoms with E-state index in [1.165, 1.54) is 7.11 Å². The highest BCUT2D eigenvalue weighted by Gasteiger charge is 2.23. The van der Waals surface area contributed by atoms with E-state index < -0.39 is 0 Å². The molecule has 20 heavy (non-hydrogen) atoms. The van der Waals surface area contributed by atoms with E-state index in [4.69, 9.17) is 4.74 Å². The Kier molecular flexibility index (Phi) is 4.65. The maximum absolute atomic E-state index is 11.7. The van der Waals surface area contributed by atoms with Gasteiger partial charge in [-0.15, -0.1) is 0 Å². The summed E-state index contributed by atoms with van der Waals surface area (Å²) in [5.74, 6) is -0.275. The summed E-state index contributed by atoms with van der Waals surface area (Å²) in [6.07, 6.45) is 2.25. The minimum absolute atomic E-state index is 0.275. The Hall–Kier alpha value is -1.55. The average Bonchev–Trinajstić information content (AvgIpc) is 2.44. The highest BCUT2D eigenvalue weighted by atomic mass is 16.5. The molecule has 2 atom stereocenters. The second-order valence-corrected chi connectivity index (χ2v) is 5.66. The average molecular weight is 276 g/mol. The Bertz CT molecular complexity index is 487. The normalized spacial score (nSPS) is 23.4. The molecule has 1 aromatic rings. The van der Waals surface area contributed by atoms with Gasteiger partial charge in [0.2, 0.25) is 0 Å². The number of hydrogen-bond donors (Lipinski definition) is 1. The van der Waals surface area contributed by atoms with E-state index in [-0.39, 0.29) is 5.97 Å². The van der Waals surface area contributed by atoms with Gasteiger partial charge in [-0.25, -0.2) is 4.79 Å². The SMILES string of the molecule is COC(=O)c1cccc(NC2CCN(C)C(C)C2)c1C. The molecule has 2 unspecified atom stereocenters. The fraction of sp³-hybridized carbons (Fsp3) is 0.562. The number of nitrogens with zero attached hydrogens (tertiary/aromatic N) is 1. The Morgan fingerprint density at radius 3 is 2.85 bits per heavy atom. The Balaban J connectivity index is 2.12. The molecule has 1 saturated heterocycles. The first kappa shape index (κ1) is 14.9. The van der Waals surface area contributed by atoms with Gasteiger partial charge in [-0.2, -0.15) is 0 Å². The number of rotatable bonds is 3. The van der Waals surface area contributed by atoms with E-state index in [0.717, 1.165) is 30.6 Å². The monoisotopic (exact) mass is 276 g/mol. The molecular weight excluding hydrogens is 252 g/mol. The zero-order valence-electron chi connectivity index (χ0n) is 12.8. The third-order valence-electron chi connectivity index (χ3n) is 4.31. The van der Waals surface area contributed by atoms with Crippen LogP contribution < -0.4 is 5.32 Å². The molecule has 0 aliphatic carbocycles. The van der Waals surface area contributed by atoms with Crippen LogP contribution in [0.3, 0.4) is 0 Å². The molecule has 0 spiro atoms. The number of likely N-dealkylation sites (tertiary alicyclic amines) is 1. The maximum Gasteiger partial charge on any atom is 0.338 e. The molecule has 1 aromatic carbocycles. The summed E-state index contributed by atoms with van der Waals surface area (Å²) in [5, 5.41) is 3.59. The van der Waals surface area contributed by atoms with E-state index in [2.05, 4.69) is 24.2 Å². The lowest BCUT2D eigenvalue weighted by Crippen LogP contribution is -2.42. The quantitative estimate of drug-likeness (QED) is 0.862. The first-order valence-electron chi connectivity index (χ1n) is 7.17. The summed E-state index contributed by atoms with van der Waals surface area (Å²) >= 11 is 0. The smallest absolute Gasteiger partial charge is 0.338 e. The predicted molar refractivity (Wildman–Crippen MR) is 81.3 cm³/mol. The molecule has 0 radical (unpaired) electrons. The van der Waals surface area contributed by atoms with Crippen LogP contribution >= 0.6 is 0 Å². The molecule has 1 fully saturated rings. The molecular formula is C16H24N2O2. The predicted octanol–water partition coefficient (Wildman–Crippen LogP) is 2.68. The number of nitrogens with one attached hydrogen (secondary N) is 1. The fourth-order valence-corrected chi connectivity index (χ4v) is 2.76. The minimum Gasteiger partial charge on any atom is -0.465 e. The van der Waals surface area contributed by atoms with Crippen molar-refractivity contribution in [1.29, 1.82) is 0 Å². The molecule has 0 amide bonds. The van der Waals surface area contributed by atoms with Crippen LogP contribution in [0.25, 0.3) is 0 Å². The van der Waals surface area contributed by atoms with Crippen LogP contribution in [0, 0.1) is 6.92 Å². The standard InChI is InChI=1S/C16H24N2O2/c1-11-10-13(8-9-18(11)3)17-15-7-5-6-14(12(15)2)16(19)20-4/h5-7,11,13,17H,8-10H2,1-4H3. The van der Waals surface area contributed by atoms with Gasteiger partial charge in [0.25, 0.3) is 0 Å². The van der Waals surface area contributed by atoms with Crippen LogP contribution in [-0.2, 0) is 4.74 Å². The molecule has 0 saturated carbocycles. The molecule has 4 heteroatoms. The summed E-state index contributed by atoms with van der Waals surface area (Å²) in [6.45, 7) is 5.33. The summed E-state index contributed by atoms with van der Waals surface area (Å²) < 4.78 is 4.82. The zero-order chi connectivity index (χ0) is 14.7. The van der Waals surface area contributed by atoms with E-state index in [1.54, 1.807) is 0 Å². The number of hydrogen-bond acceptors (Lipinski definition) is 4. The van der Waals surface area contributed by atoms with Crippen LogP contribution in [0.4, 0.5) is 5.69 Å². The topological polar surface area (TPSA) is 41.6 Å². The minimum atomic E-state index is -0.275. The molecule has 0 aromatic heterocycles. The van der Waals surface area contributed by atoms with Crippen molar-refractivity contribution in [2.45, 2.75) is 38.8 Å². The summed E-state index contributed by atoms with van der Waals surface area (Å²) in [5.41, 5.74) is 2.64. The van der Waals surface area contributed by atoms with Gasteiger partial charge in [0.05, 0.1) is 12.7 Å². The lowest BCUT2D eigenvalue weighted by molar-refractivity contribution is 0.0600. The number of ether oxygens (including phenoxy) is 1. The lowest BCUT2D eigenvalue weighted by atomic mass is 9.97. The van der Waals surface area contributed by atoms with Crippen molar-refractivity contribution in [3.8, 4) is 0 Å². The van der Waals surface area contributed by atoms with E-state index in [0.29, 0.717) is 17.6 Å². The van der Waals surface area contributed by atoms with Crippen molar-refractivity contribution in [1.82, 2.24) is 4.90 Å². The molecule has 1 heterocycles. The molecule has 110 valence electrons. The second kappa shape index (κ2) is 6.27. The van der Waals surface area contributed by atoms with Gasteiger partial charge in [0.15, 0.2) is 0 Å². The lowest BCUT2D eigenvalue weighted by Gasteiger charge is -2.36. The number of carbonyl (C=O) groups is 1. The van der Waals surface area contributed by atoms with Crippen LogP contribution in [0.5, 0.6) is 0 Å². The number of carbonyl (C=O) groups excluding carboxylic acids is 1. The van der Waals surface area contributed by atoms with Crippen LogP contribution in [0.1, 0.15) is 35.7 Å². The Labute approximate surface area is 121 Å².